The van der Waals surface area contributed by atoms with Gasteiger partial charge >= 0.3 is 6.09 Å². The molecule has 148 valence electrons. The summed E-state index contributed by atoms with van der Waals surface area (Å²) in [5.41, 5.74) is 1.23. The molecule has 1 saturated heterocycles. The Balaban J connectivity index is 1.76. The van der Waals surface area contributed by atoms with E-state index in [1.807, 2.05) is 13.0 Å². The maximum atomic E-state index is 12.9. The van der Waals surface area contributed by atoms with Crippen molar-refractivity contribution < 1.29 is 14.3 Å². The largest absolute Gasteiger partial charge is 0.446 e. The zero-order valence-electron chi connectivity index (χ0n) is 17.1. The van der Waals surface area contributed by atoms with Crippen molar-refractivity contribution >= 4 is 11.9 Å². The van der Waals surface area contributed by atoms with Crippen molar-refractivity contribution in [3.63, 3.8) is 0 Å². The molecule has 1 aliphatic carbocycles. The van der Waals surface area contributed by atoms with E-state index in [1.165, 1.54) is 12.0 Å². The number of hydrogen-bond donors (Lipinski definition) is 0. The van der Waals surface area contributed by atoms with Crippen LogP contribution < -0.4 is 0 Å². The van der Waals surface area contributed by atoms with Crippen LogP contribution in [0.1, 0.15) is 65.4 Å². The first kappa shape index (κ1) is 19.9. The van der Waals surface area contributed by atoms with Gasteiger partial charge in [-0.3, -0.25) is 4.79 Å². The summed E-state index contributed by atoms with van der Waals surface area (Å²) in [6, 6.07) is 10.5. The number of likely N-dealkylation sites (tertiary alicyclic amines) is 1. The molecule has 0 N–H and O–H groups in total. The fourth-order valence-corrected chi connectivity index (χ4v) is 4.84. The van der Waals surface area contributed by atoms with E-state index in [4.69, 9.17) is 4.74 Å². The third kappa shape index (κ3) is 4.36. The van der Waals surface area contributed by atoms with Gasteiger partial charge < -0.3 is 9.64 Å². The predicted molar refractivity (Wildman–Crippen MR) is 107 cm³/mol. The molecule has 4 nitrogen and oxygen atoms in total. The van der Waals surface area contributed by atoms with E-state index in [2.05, 4.69) is 45.0 Å². The standard InChI is InChI=1S/C23H33NO3/c1-16-10-11-20(23(3,4)18-8-6-5-7-9-18)21(14-16)27-22(26)24-13-12-19(25)15-17(24)2/h5-9,16-17,20-21H,10-15H2,1-4H3/t16-,17+,20-,21-/m1/s1. The van der Waals surface area contributed by atoms with Crippen molar-refractivity contribution in [2.75, 3.05) is 6.54 Å². The highest BCUT2D eigenvalue weighted by Crippen LogP contribution is 2.43. The van der Waals surface area contributed by atoms with E-state index in [0.29, 0.717) is 31.2 Å². The van der Waals surface area contributed by atoms with Crippen LogP contribution >= 0.6 is 0 Å². The summed E-state index contributed by atoms with van der Waals surface area (Å²) in [4.78, 5) is 26.3. The first-order chi connectivity index (χ1) is 12.8. The quantitative estimate of drug-likeness (QED) is 0.754. The Bertz CT molecular complexity index is 669. The van der Waals surface area contributed by atoms with Crippen LogP contribution in [0.3, 0.4) is 0 Å². The van der Waals surface area contributed by atoms with E-state index < -0.39 is 0 Å². The van der Waals surface area contributed by atoms with Gasteiger partial charge in [0.1, 0.15) is 11.9 Å². The molecule has 0 unspecified atom stereocenters. The number of Topliss-reactive ketones (excluding diaryl/α,β-unsaturated/α-hetero) is 1. The molecule has 2 fully saturated rings. The number of hydrogen-bond acceptors (Lipinski definition) is 3. The zero-order valence-corrected chi connectivity index (χ0v) is 17.1. The van der Waals surface area contributed by atoms with Crippen LogP contribution in [0, 0.1) is 11.8 Å². The Morgan fingerprint density at radius 2 is 1.85 bits per heavy atom. The van der Waals surface area contributed by atoms with Gasteiger partial charge in [0, 0.05) is 31.3 Å². The average molecular weight is 372 g/mol. The first-order valence-corrected chi connectivity index (χ1v) is 10.3. The summed E-state index contributed by atoms with van der Waals surface area (Å²) in [5.74, 6) is 1.09. The van der Waals surface area contributed by atoms with Crippen LogP contribution in [0.2, 0.25) is 0 Å². The number of piperidine rings is 1. The number of carbonyl (C=O) groups excluding carboxylic acids is 2. The Hall–Kier alpha value is -1.84. The van der Waals surface area contributed by atoms with Crippen molar-refractivity contribution in [2.45, 2.75) is 77.4 Å². The summed E-state index contributed by atoms with van der Waals surface area (Å²) in [7, 11) is 0. The molecule has 0 spiro atoms. The molecule has 1 aromatic carbocycles. The van der Waals surface area contributed by atoms with E-state index in [-0.39, 0.29) is 29.4 Å². The molecule has 3 rings (SSSR count). The van der Waals surface area contributed by atoms with E-state index in [9.17, 15) is 9.59 Å². The Kier molecular flexibility index (Phi) is 5.92. The van der Waals surface area contributed by atoms with Crippen LogP contribution in [-0.2, 0) is 14.9 Å². The minimum absolute atomic E-state index is 0.0597. The predicted octanol–water partition coefficient (Wildman–Crippen LogP) is 4.96. The van der Waals surface area contributed by atoms with Gasteiger partial charge in [-0.1, -0.05) is 57.5 Å². The molecule has 1 heterocycles. The van der Waals surface area contributed by atoms with Gasteiger partial charge in [-0.25, -0.2) is 4.79 Å². The monoisotopic (exact) mass is 371 g/mol. The van der Waals surface area contributed by atoms with Gasteiger partial charge in [0.25, 0.3) is 0 Å². The summed E-state index contributed by atoms with van der Waals surface area (Å²) in [6.07, 6.45) is 3.70. The highest BCUT2D eigenvalue weighted by atomic mass is 16.6. The second-order valence-corrected chi connectivity index (χ2v) is 9.07. The van der Waals surface area contributed by atoms with Crippen LogP contribution in [0.25, 0.3) is 0 Å². The number of rotatable bonds is 3. The number of nitrogens with zero attached hydrogens (tertiary/aromatic N) is 1. The molecule has 1 aromatic rings. The maximum Gasteiger partial charge on any atom is 0.410 e. The fourth-order valence-electron chi connectivity index (χ4n) is 4.84. The molecule has 0 aromatic heterocycles. The Labute approximate surface area is 163 Å². The average Bonchev–Trinajstić information content (AvgIpc) is 2.62. The minimum Gasteiger partial charge on any atom is -0.446 e. The van der Waals surface area contributed by atoms with Crippen molar-refractivity contribution in [3.8, 4) is 0 Å². The molecule has 1 amide bonds. The summed E-state index contributed by atoms with van der Waals surface area (Å²) in [5, 5.41) is 0. The van der Waals surface area contributed by atoms with Crippen molar-refractivity contribution in [1.29, 1.82) is 0 Å². The van der Waals surface area contributed by atoms with Gasteiger partial charge in [0.05, 0.1) is 0 Å². The van der Waals surface area contributed by atoms with Gasteiger partial charge in [0.2, 0.25) is 0 Å². The molecular formula is C23H33NO3. The molecular weight excluding hydrogens is 338 g/mol. The first-order valence-electron chi connectivity index (χ1n) is 10.3. The van der Waals surface area contributed by atoms with Crippen molar-refractivity contribution in [3.05, 3.63) is 35.9 Å². The Morgan fingerprint density at radius 3 is 2.52 bits per heavy atom. The normalized spacial score (nSPS) is 29.5. The lowest BCUT2D eigenvalue weighted by atomic mass is 9.64. The molecule has 0 radical (unpaired) electrons. The lowest BCUT2D eigenvalue weighted by Crippen LogP contribution is -2.49. The van der Waals surface area contributed by atoms with Crippen LogP contribution in [0.15, 0.2) is 30.3 Å². The third-order valence-electron chi connectivity index (χ3n) is 6.67. The maximum absolute atomic E-state index is 12.9. The molecule has 2 aliphatic rings. The SMILES string of the molecule is C[C@@H]1CC[C@@H](C(C)(C)c2ccccc2)[C@H](OC(=O)N2CCC(=O)C[C@@H]2C)C1. The number of amides is 1. The topological polar surface area (TPSA) is 46.6 Å². The van der Waals surface area contributed by atoms with Crippen LogP contribution in [0.4, 0.5) is 4.79 Å². The summed E-state index contributed by atoms with van der Waals surface area (Å²) >= 11 is 0. The number of ketones is 1. The van der Waals surface area contributed by atoms with Gasteiger partial charge in [-0.05, 0) is 36.7 Å². The molecule has 1 saturated carbocycles. The molecule has 27 heavy (non-hydrogen) atoms. The van der Waals surface area contributed by atoms with Crippen molar-refractivity contribution in [2.24, 2.45) is 11.8 Å². The van der Waals surface area contributed by atoms with Gasteiger partial charge in [0.15, 0.2) is 0 Å². The molecule has 0 bridgehead atoms. The van der Waals surface area contributed by atoms with E-state index in [0.717, 1.165) is 12.8 Å². The molecule has 4 heteroatoms. The van der Waals surface area contributed by atoms with E-state index in [1.54, 1.807) is 4.90 Å². The number of carbonyl (C=O) groups is 2. The minimum atomic E-state index is -0.247. The molecule has 1 aliphatic heterocycles. The zero-order chi connectivity index (χ0) is 19.6. The lowest BCUT2D eigenvalue weighted by Gasteiger charge is -2.44. The number of benzene rings is 1. The van der Waals surface area contributed by atoms with Gasteiger partial charge in [-0.15, -0.1) is 0 Å². The van der Waals surface area contributed by atoms with Crippen molar-refractivity contribution in [1.82, 2.24) is 4.90 Å². The number of ether oxygens (including phenoxy) is 1. The summed E-state index contributed by atoms with van der Waals surface area (Å²) in [6.45, 7) is 9.20. The Morgan fingerprint density at radius 1 is 1.15 bits per heavy atom. The summed E-state index contributed by atoms with van der Waals surface area (Å²) < 4.78 is 6.10. The van der Waals surface area contributed by atoms with Gasteiger partial charge in [-0.2, -0.15) is 0 Å². The second-order valence-electron chi connectivity index (χ2n) is 9.07. The highest BCUT2D eigenvalue weighted by Gasteiger charge is 2.43. The highest BCUT2D eigenvalue weighted by molar-refractivity contribution is 5.82. The van der Waals surface area contributed by atoms with Crippen LogP contribution in [-0.4, -0.2) is 35.5 Å². The smallest absolute Gasteiger partial charge is 0.410 e. The molecule has 4 atom stereocenters. The van der Waals surface area contributed by atoms with Crippen LogP contribution in [0.5, 0.6) is 0 Å². The van der Waals surface area contributed by atoms with E-state index >= 15 is 0 Å². The third-order valence-corrected chi connectivity index (χ3v) is 6.67. The second kappa shape index (κ2) is 8.04. The fraction of sp³-hybridized carbons (Fsp3) is 0.652. The lowest BCUT2D eigenvalue weighted by molar-refractivity contribution is -0.122.